The standard InChI is InChI=1S/C16H23N3O2S/c1-18(2)16(10-17-22(20,21)12-8-9-12)14-11-19(3)15-7-5-4-6-13(14)15/h4-7,11-12,16-17H,8-10H2,1-3H3. The summed E-state index contributed by atoms with van der Waals surface area (Å²) in [6, 6.07) is 8.23. The summed E-state index contributed by atoms with van der Waals surface area (Å²) in [5.74, 6) is 0. The van der Waals surface area contributed by atoms with Crippen LogP contribution in [0.15, 0.2) is 30.5 Å². The zero-order chi connectivity index (χ0) is 15.9. The number of fused-ring (bicyclic) bond motifs is 1. The van der Waals surface area contributed by atoms with Gasteiger partial charge < -0.3 is 9.47 Å². The smallest absolute Gasteiger partial charge is 0.214 e. The van der Waals surface area contributed by atoms with E-state index < -0.39 is 10.0 Å². The average Bonchev–Trinajstić information content (AvgIpc) is 3.27. The van der Waals surface area contributed by atoms with Crippen molar-refractivity contribution in [1.82, 2.24) is 14.2 Å². The van der Waals surface area contributed by atoms with Gasteiger partial charge in [0.05, 0.1) is 5.25 Å². The Balaban J connectivity index is 1.90. The fourth-order valence-electron chi connectivity index (χ4n) is 2.90. The van der Waals surface area contributed by atoms with Crippen LogP contribution in [-0.2, 0) is 17.1 Å². The fraction of sp³-hybridized carbons (Fsp3) is 0.500. The topological polar surface area (TPSA) is 54.3 Å². The van der Waals surface area contributed by atoms with Crippen molar-refractivity contribution in [3.05, 3.63) is 36.0 Å². The van der Waals surface area contributed by atoms with Gasteiger partial charge in [0.2, 0.25) is 10.0 Å². The van der Waals surface area contributed by atoms with Crippen LogP contribution in [0.4, 0.5) is 0 Å². The fourth-order valence-corrected chi connectivity index (χ4v) is 4.28. The molecule has 1 atom stereocenters. The second kappa shape index (κ2) is 5.68. The Hall–Kier alpha value is -1.37. The number of nitrogens with zero attached hydrogens (tertiary/aromatic N) is 2. The minimum Gasteiger partial charge on any atom is -0.350 e. The summed E-state index contributed by atoms with van der Waals surface area (Å²) >= 11 is 0. The molecule has 5 nitrogen and oxygen atoms in total. The van der Waals surface area contributed by atoms with Crippen molar-refractivity contribution in [2.45, 2.75) is 24.1 Å². The predicted octanol–water partition coefficient (Wildman–Crippen LogP) is 1.86. The third-order valence-corrected chi connectivity index (χ3v) is 6.27. The number of likely N-dealkylation sites (N-methyl/N-ethyl adjacent to an activating group) is 1. The van der Waals surface area contributed by atoms with Crippen molar-refractivity contribution >= 4 is 20.9 Å². The van der Waals surface area contributed by atoms with E-state index in [-0.39, 0.29) is 11.3 Å². The minimum absolute atomic E-state index is 0.0135. The molecule has 2 aromatic rings. The zero-order valence-corrected chi connectivity index (χ0v) is 14.1. The monoisotopic (exact) mass is 321 g/mol. The van der Waals surface area contributed by atoms with Crippen LogP contribution in [0, 0.1) is 0 Å². The molecule has 1 heterocycles. The largest absolute Gasteiger partial charge is 0.350 e. The first-order chi connectivity index (χ1) is 10.4. The summed E-state index contributed by atoms with van der Waals surface area (Å²) in [5.41, 5.74) is 2.32. The van der Waals surface area contributed by atoms with E-state index >= 15 is 0 Å². The molecule has 6 heteroatoms. The maximum Gasteiger partial charge on any atom is 0.214 e. The lowest BCUT2D eigenvalue weighted by molar-refractivity contribution is 0.301. The normalized spacial score (nSPS) is 17.3. The van der Waals surface area contributed by atoms with Crippen LogP contribution in [0.1, 0.15) is 24.4 Å². The summed E-state index contributed by atoms with van der Waals surface area (Å²) in [4.78, 5) is 2.07. The Morgan fingerprint density at radius 2 is 2.00 bits per heavy atom. The maximum atomic E-state index is 12.1. The van der Waals surface area contributed by atoms with E-state index in [2.05, 4.69) is 32.5 Å². The minimum atomic E-state index is -3.15. The van der Waals surface area contributed by atoms with Gasteiger partial charge in [-0.1, -0.05) is 18.2 Å². The van der Waals surface area contributed by atoms with Gasteiger partial charge in [-0.05, 0) is 38.6 Å². The molecular weight excluding hydrogens is 298 g/mol. The maximum absolute atomic E-state index is 12.1. The molecule has 1 aliphatic carbocycles. The Morgan fingerprint density at radius 3 is 2.64 bits per heavy atom. The molecule has 1 aliphatic rings. The van der Waals surface area contributed by atoms with E-state index in [4.69, 9.17) is 0 Å². The predicted molar refractivity (Wildman–Crippen MR) is 89.3 cm³/mol. The van der Waals surface area contributed by atoms with Crippen LogP contribution in [-0.4, -0.2) is 43.8 Å². The molecule has 0 aliphatic heterocycles. The summed E-state index contributed by atoms with van der Waals surface area (Å²) < 4.78 is 29.1. The molecule has 0 bridgehead atoms. The van der Waals surface area contributed by atoms with Gasteiger partial charge in [0.1, 0.15) is 0 Å². The molecule has 1 aromatic carbocycles. The van der Waals surface area contributed by atoms with Crippen LogP contribution in [0.2, 0.25) is 0 Å². The molecule has 1 N–H and O–H groups in total. The van der Waals surface area contributed by atoms with E-state index in [1.165, 1.54) is 5.39 Å². The Labute approximate surface area is 132 Å². The highest BCUT2D eigenvalue weighted by molar-refractivity contribution is 7.90. The number of nitrogens with one attached hydrogen (secondary N) is 1. The Morgan fingerprint density at radius 1 is 1.32 bits per heavy atom. The highest BCUT2D eigenvalue weighted by Gasteiger charge is 2.36. The van der Waals surface area contributed by atoms with Gasteiger partial charge in [0, 0.05) is 36.7 Å². The van der Waals surface area contributed by atoms with Gasteiger partial charge in [-0.3, -0.25) is 0 Å². The van der Waals surface area contributed by atoms with E-state index in [0.717, 1.165) is 23.9 Å². The van der Waals surface area contributed by atoms with E-state index in [1.54, 1.807) is 0 Å². The SMILES string of the molecule is CN(C)C(CNS(=O)(=O)C1CC1)c1cn(C)c2ccccc12. The quantitative estimate of drug-likeness (QED) is 0.883. The summed E-state index contributed by atoms with van der Waals surface area (Å²) in [6.07, 6.45) is 3.67. The van der Waals surface area contributed by atoms with Crippen molar-refractivity contribution < 1.29 is 8.42 Å². The van der Waals surface area contributed by atoms with Gasteiger partial charge in [-0.25, -0.2) is 13.1 Å². The molecule has 1 aromatic heterocycles. The summed E-state index contributed by atoms with van der Waals surface area (Å²) in [7, 11) is 2.84. The first kappa shape index (κ1) is 15.5. The van der Waals surface area contributed by atoms with Crippen LogP contribution in [0.3, 0.4) is 0 Å². The molecule has 0 radical (unpaired) electrons. The molecule has 1 saturated carbocycles. The lowest BCUT2D eigenvalue weighted by Crippen LogP contribution is -2.36. The lowest BCUT2D eigenvalue weighted by atomic mass is 10.1. The zero-order valence-electron chi connectivity index (χ0n) is 13.3. The lowest BCUT2D eigenvalue weighted by Gasteiger charge is -2.24. The summed E-state index contributed by atoms with van der Waals surface area (Å²) in [6.45, 7) is 0.403. The highest BCUT2D eigenvalue weighted by Crippen LogP contribution is 2.30. The average molecular weight is 321 g/mol. The molecule has 0 spiro atoms. The number of aryl methyl sites for hydroxylation is 1. The van der Waals surface area contributed by atoms with Crippen molar-refractivity contribution in [1.29, 1.82) is 0 Å². The van der Waals surface area contributed by atoms with Crippen molar-refractivity contribution in [3.8, 4) is 0 Å². The molecule has 0 saturated heterocycles. The third kappa shape index (κ3) is 2.91. The second-order valence-electron chi connectivity index (χ2n) is 6.28. The molecule has 22 heavy (non-hydrogen) atoms. The Bertz CT molecular complexity index is 776. The first-order valence-corrected chi connectivity index (χ1v) is 9.13. The third-order valence-electron chi connectivity index (χ3n) is 4.35. The van der Waals surface area contributed by atoms with E-state index in [1.807, 2.05) is 33.3 Å². The number of hydrogen-bond donors (Lipinski definition) is 1. The molecular formula is C16H23N3O2S. The van der Waals surface area contributed by atoms with Crippen LogP contribution >= 0.6 is 0 Å². The van der Waals surface area contributed by atoms with Gasteiger partial charge in [0.25, 0.3) is 0 Å². The van der Waals surface area contributed by atoms with Gasteiger partial charge in [0.15, 0.2) is 0 Å². The second-order valence-corrected chi connectivity index (χ2v) is 8.33. The number of para-hydroxylation sites is 1. The summed E-state index contributed by atoms with van der Waals surface area (Å²) in [5, 5.41) is 0.997. The number of rotatable bonds is 6. The van der Waals surface area contributed by atoms with Gasteiger partial charge in [-0.15, -0.1) is 0 Å². The van der Waals surface area contributed by atoms with Crippen molar-refractivity contribution in [2.75, 3.05) is 20.6 Å². The first-order valence-electron chi connectivity index (χ1n) is 7.59. The molecule has 3 rings (SSSR count). The molecule has 0 amide bonds. The van der Waals surface area contributed by atoms with Gasteiger partial charge >= 0.3 is 0 Å². The molecule has 1 fully saturated rings. The van der Waals surface area contributed by atoms with Crippen LogP contribution in [0.25, 0.3) is 10.9 Å². The highest BCUT2D eigenvalue weighted by atomic mass is 32.2. The Kier molecular flexibility index (Phi) is 4.01. The van der Waals surface area contributed by atoms with E-state index in [9.17, 15) is 8.42 Å². The van der Waals surface area contributed by atoms with Crippen LogP contribution < -0.4 is 4.72 Å². The van der Waals surface area contributed by atoms with Gasteiger partial charge in [-0.2, -0.15) is 0 Å². The van der Waals surface area contributed by atoms with Crippen molar-refractivity contribution in [3.63, 3.8) is 0 Å². The number of benzene rings is 1. The van der Waals surface area contributed by atoms with E-state index in [0.29, 0.717) is 6.54 Å². The number of aromatic nitrogens is 1. The molecule has 120 valence electrons. The molecule has 1 unspecified atom stereocenters. The number of hydrogen-bond acceptors (Lipinski definition) is 3. The van der Waals surface area contributed by atoms with Crippen LogP contribution in [0.5, 0.6) is 0 Å². The van der Waals surface area contributed by atoms with Crippen molar-refractivity contribution in [2.24, 2.45) is 7.05 Å². The number of sulfonamides is 1.